The lowest BCUT2D eigenvalue weighted by atomic mass is 10.2. The summed E-state index contributed by atoms with van der Waals surface area (Å²) in [4.78, 5) is 11.1. The van der Waals surface area contributed by atoms with Crippen molar-refractivity contribution in [3.63, 3.8) is 0 Å². The van der Waals surface area contributed by atoms with E-state index >= 15 is 0 Å². The largest absolute Gasteiger partial charge is 0.490 e. The molecule has 0 aliphatic carbocycles. The van der Waals surface area contributed by atoms with Gasteiger partial charge in [0.25, 0.3) is 0 Å². The number of carbonyl (C=O) groups is 1. The van der Waals surface area contributed by atoms with Gasteiger partial charge in [-0.3, -0.25) is 4.79 Å². The zero-order chi connectivity index (χ0) is 12.0. The molecule has 1 aromatic rings. The first kappa shape index (κ1) is 12.5. The van der Waals surface area contributed by atoms with Gasteiger partial charge in [-0.15, -0.1) is 0 Å². The number of hydrogen-bond donors (Lipinski definition) is 1. The Morgan fingerprint density at radius 1 is 1.50 bits per heavy atom. The summed E-state index contributed by atoms with van der Waals surface area (Å²) in [6.07, 6.45) is 0.237. The van der Waals surface area contributed by atoms with E-state index in [1.807, 2.05) is 13.8 Å². The number of hydrogen-bond acceptors (Lipinski definition) is 2. The van der Waals surface area contributed by atoms with Gasteiger partial charge >= 0.3 is 0 Å². The lowest BCUT2D eigenvalue weighted by molar-refractivity contribution is -0.121. The number of amides is 1. The number of carbonyl (C=O) groups excluding carboxylic acids is 1. The molecule has 4 heteroatoms. The Morgan fingerprint density at radius 2 is 2.25 bits per heavy atom. The molecule has 0 aliphatic heterocycles. The average molecular weight is 225 g/mol. The summed E-state index contributed by atoms with van der Waals surface area (Å²) in [6, 6.07) is 4.65. The summed E-state index contributed by atoms with van der Waals surface area (Å²) in [6.45, 7) is 4.49. The molecule has 0 heterocycles. The van der Waals surface area contributed by atoms with Crippen LogP contribution in [0.1, 0.15) is 18.9 Å². The molecule has 0 aliphatic rings. The third-order valence-electron chi connectivity index (χ3n) is 2.05. The summed E-state index contributed by atoms with van der Waals surface area (Å²) in [5, 5.41) is 2.65. The number of halogens is 1. The van der Waals surface area contributed by atoms with Crippen LogP contribution in [0, 0.1) is 12.7 Å². The average Bonchev–Trinajstić information content (AvgIpc) is 2.23. The minimum absolute atomic E-state index is 0.0874. The Kier molecular flexibility index (Phi) is 4.76. The maximum atomic E-state index is 13.2. The second-order valence-electron chi connectivity index (χ2n) is 3.49. The van der Waals surface area contributed by atoms with Gasteiger partial charge in [0.15, 0.2) is 11.6 Å². The van der Waals surface area contributed by atoms with Crippen LogP contribution < -0.4 is 10.1 Å². The number of ether oxygens (including phenoxy) is 1. The van der Waals surface area contributed by atoms with Gasteiger partial charge in [0.1, 0.15) is 0 Å². The third kappa shape index (κ3) is 3.88. The molecule has 0 bridgehead atoms. The van der Waals surface area contributed by atoms with Crippen LogP contribution in [0.25, 0.3) is 0 Å². The highest BCUT2D eigenvalue weighted by Crippen LogP contribution is 2.18. The van der Waals surface area contributed by atoms with Crippen LogP contribution in [-0.2, 0) is 4.79 Å². The summed E-state index contributed by atoms with van der Waals surface area (Å²) in [7, 11) is 0. The van der Waals surface area contributed by atoms with Gasteiger partial charge in [0.2, 0.25) is 5.91 Å². The van der Waals surface area contributed by atoms with Crippen molar-refractivity contribution in [2.24, 2.45) is 0 Å². The fourth-order valence-electron chi connectivity index (χ4n) is 1.26. The molecule has 3 nitrogen and oxygen atoms in total. The molecule has 0 radical (unpaired) electrons. The highest BCUT2D eigenvalue weighted by Gasteiger charge is 2.04. The van der Waals surface area contributed by atoms with Crippen molar-refractivity contribution in [1.82, 2.24) is 5.32 Å². The smallest absolute Gasteiger partial charge is 0.223 e. The maximum absolute atomic E-state index is 13.2. The molecule has 1 N–H and O–H groups in total. The highest BCUT2D eigenvalue weighted by atomic mass is 19.1. The summed E-state index contributed by atoms with van der Waals surface area (Å²) < 4.78 is 18.4. The van der Waals surface area contributed by atoms with Gasteiger partial charge in [0.05, 0.1) is 13.0 Å². The predicted octanol–water partition coefficient (Wildman–Crippen LogP) is 2.04. The van der Waals surface area contributed by atoms with E-state index in [1.54, 1.807) is 12.1 Å². The molecule has 0 saturated heterocycles. The first-order chi connectivity index (χ1) is 7.63. The van der Waals surface area contributed by atoms with E-state index < -0.39 is 5.82 Å². The van der Waals surface area contributed by atoms with Crippen molar-refractivity contribution in [3.8, 4) is 5.75 Å². The molecule has 0 aromatic heterocycles. The first-order valence-corrected chi connectivity index (χ1v) is 5.29. The molecule has 1 aromatic carbocycles. The van der Waals surface area contributed by atoms with Gasteiger partial charge in [-0.1, -0.05) is 6.07 Å². The Morgan fingerprint density at radius 3 is 2.94 bits per heavy atom. The van der Waals surface area contributed by atoms with Gasteiger partial charge in [-0.25, -0.2) is 4.39 Å². The van der Waals surface area contributed by atoms with Crippen LogP contribution in [0.4, 0.5) is 4.39 Å². The summed E-state index contributed by atoms with van der Waals surface area (Å²) in [5.74, 6) is -0.290. The Labute approximate surface area is 94.6 Å². The highest BCUT2D eigenvalue weighted by molar-refractivity contribution is 5.75. The lowest BCUT2D eigenvalue weighted by Gasteiger charge is -2.07. The monoisotopic (exact) mass is 225 g/mol. The van der Waals surface area contributed by atoms with Gasteiger partial charge in [-0.2, -0.15) is 0 Å². The zero-order valence-electron chi connectivity index (χ0n) is 9.55. The molecular formula is C12H16FNO2. The lowest BCUT2D eigenvalue weighted by Crippen LogP contribution is -2.24. The van der Waals surface area contributed by atoms with Crippen molar-refractivity contribution in [1.29, 1.82) is 0 Å². The van der Waals surface area contributed by atoms with Crippen LogP contribution in [0.3, 0.4) is 0 Å². The number of nitrogens with one attached hydrogen (secondary N) is 1. The minimum Gasteiger partial charge on any atom is -0.490 e. The third-order valence-corrected chi connectivity index (χ3v) is 2.05. The van der Waals surface area contributed by atoms with Crippen molar-refractivity contribution in [2.75, 3.05) is 13.2 Å². The Hall–Kier alpha value is -1.58. The topological polar surface area (TPSA) is 38.3 Å². The van der Waals surface area contributed by atoms with Gasteiger partial charge < -0.3 is 10.1 Å². The molecule has 88 valence electrons. The maximum Gasteiger partial charge on any atom is 0.223 e. The van der Waals surface area contributed by atoms with E-state index in [0.29, 0.717) is 6.54 Å². The molecule has 16 heavy (non-hydrogen) atoms. The van der Waals surface area contributed by atoms with Crippen molar-refractivity contribution in [2.45, 2.75) is 20.3 Å². The summed E-state index contributed by atoms with van der Waals surface area (Å²) in [5.41, 5.74) is 0.925. The van der Waals surface area contributed by atoms with E-state index in [9.17, 15) is 9.18 Å². The van der Waals surface area contributed by atoms with Crippen molar-refractivity contribution in [3.05, 3.63) is 29.6 Å². The molecule has 0 atom stereocenters. The SMILES string of the molecule is CCNC(=O)CCOc1cc(C)ccc1F. The molecular weight excluding hydrogens is 209 g/mol. The van der Waals surface area contributed by atoms with Gasteiger partial charge in [-0.05, 0) is 31.5 Å². The van der Waals surface area contributed by atoms with Crippen LogP contribution in [-0.4, -0.2) is 19.1 Å². The zero-order valence-corrected chi connectivity index (χ0v) is 9.55. The second kappa shape index (κ2) is 6.10. The van der Waals surface area contributed by atoms with Crippen molar-refractivity contribution < 1.29 is 13.9 Å². The fourth-order valence-corrected chi connectivity index (χ4v) is 1.26. The van der Waals surface area contributed by atoms with Crippen molar-refractivity contribution >= 4 is 5.91 Å². The number of aryl methyl sites for hydroxylation is 1. The van der Waals surface area contributed by atoms with E-state index in [1.165, 1.54) is 6.07 Å². The molecule has 1 rings (SSSR count). The standard InChI is InChI=1S/C12H16FNO2/c1-3-14-12(15)6-7-16-11-8-9(2)4-5-10(11)13/h4-5,8H,3,6-7H2,1-2H3,(H,14,15). The predicted molar refractivity (Wildman–Crippen MR) is 59.9 cm³/mol. The number of rotatable bonds is 5. The van der Waals surface area contributed by atoms with E-state index in [-0.39, 0.29) is 24.7 Å². The molecule has 0 fully saturated rings. The fraction of sp³-hybridized carbons (Fsp3) is 0.417. The number of benzene rings is 1. The first-order valence-electron chi connectivity index (χ1n) is 5.29. The van der Waals surface area contributed by atoms with E-state index in [4.69, 9.17) is 4.74 Å². The Bertz CT molecular complexity index is 366. The van der Waals surface area contributed by atoms with Crippen LogP contribution in [0.15, 0.2) is 18.2 Å². The van der Waals surface area contributed by atoms with Crippen LogP contribution >= 0.6 is 0 Å². The molecule has 0 spiro atoms. The van der Waals surface area contributed by atoms with E-state index in [2.05, 4.69) is 5.32 Å². The molecule has 1 amide bonds. The Balaban J connectivity index is 2.42. The molecule has 0 unspecified atom stereocenters. The van der Waals surface area contributed by atoms with Gasteiger partial charge in [0, 0.05) is 6.54 Å². The normalized spacial score (nSPS) is 9.94. The van der Waals surface area contributed by atoms with Crippen LogP contribution in [0.5, 0.6) is 5.75 Å². The summed E-state index contributed by atoms with van der Waals surface area (Å²) >= 11 is 0. The van der Waals surface area contributed by atoms with Crippen LogP contribution in [0.2, 0.25) is 0 Å². The second-order valence-corrected chi connectivity index (χ2v) is 3.49. The quantitative estimate of drug-likeness (QED) is 0.832. The minimum atomic E-state index is -0.401. The molecule has 0 saturated carbocycles. The van der Waals surface area contributed by atoms with E-state index in [0.717, 1.165) is 5.56 Å².